The maximum absolute atomic E-state index is 12.8. The zero-order chi connectivity index (χ0) is 22.7. The molecule has 2 aliphatic heterocycles. The van der Waals surface area contributed by atoms with Crippen LogP contribution in [0.4, 0.5) is 5.69 Å². The number of carbonyl (C=O) groups excluding carboxylic acids is 2. The van der Waals surface area contributed by atoms with E-state index in [1.54, 1.807) is 27.6 Å². The minimum absolute atomic E-state index is 0.0657. The van der Waals surface area contributed by atoms with Gasteiger partial charge in [-0.2, -0.15) is 5.10 Å². The summed E-state index contributed by atoms with van der Waals surface area (Å²) < 4.78 is 7.46. The van der Waals surface area contributed by atoms with Crippen LogP contribution >= 0.6 is 0 Å². The predicted molar refractivity (Wildman–Crippen MR) is 123 cm³/mol. The number of benzene rings is 1. The molecule has 3 heterocycles. The number of carbonyl (C=O) groups is 2. The van der Waals surface area contributed by atoms with Gasteiger partial charge in [0.2, 0.25) is 5.91 Å². The summed E-state index contributed by atoms with van der Waals surface area (Å²) in [4.78, 5) is 31.4. The zero-order valence-corrected chi connectivity index (χ0v) is 19.3. The Kier molecular flexibility index (Phi) is 6.79. The average Bonchev–Trinajstić information content (AvgIpc) is 3.35. The second-order valence-corrected chi connectivity index (χ2v) is 8.79. The van der Waals surface area contributed by atoms with Gasteiger partial charge >= 0.3 is 0 Å². The van der Waals surface area contributed by atoms with Crippen molar-refractivity contribution in [2.45, 2.75) is 39.2 Å². The highest BCUT2D eigenvalue weighted by Gasteiger charge is 2.30. The van der Waals surface area contributed by atoms with Crippen molar-refractivity contribution in [1.82, 2.24) is 19.6 Å². The number of nitrogens with zero attached hydrogens (tertiary/aromatic N) is 5. The Morgan fingerprint density at radius 3 is 2.59 bits per heavy atom. The van der Waals surface area contributed by atoms with Crippen molar-refractivity contribution < 1.29 is 14.3 Å². The number of hydrogen-bond acceptors (Lipinski definition) is 5. The van der Waals surface area contributed by atoms with Crippen LogP contribution in [0.3, 0.4) is 0 Å². The van der Waals surface area contributed by atoms with Crippen LogP contribution in [-0.4, -0.2) is 76.8 Å². The molecular formula is C24H33N5O3. The van der Waals surface area contributed by atoms with Crippen molar-refractivity contribution in [2.75, 3.05) is 44.2 Å². The van der Waals surface area contributed by atoms with E-state index in [1.807, 2.05) is 31.2 Å². The molecule has 8 nitrogen and oxygen atoms in total. The van der Waals surface area contributed by atoms with Gasteiger partial charge in [-0.15, -0.1) is 0 Å². The topological polar surface area (TPSA) is 70.9 Å². The Bertz CT molecular complexity index is 955. The van der Waals surface area contributed by atoms with Crippen LogP contribution in [0, 0.1) is 6.92 Å². The molecule has 1 aromatic carbocycles. The smallest absolute Gasteiger partial charge is 0.272 e. The van der Waals surface area contributed by atoms with Gasteiger partial charge in [0, 0.05) is 38.4 Å². The van der Waals surface area contributed by atoms with Crippen molar-refractivity contribution in [3.63, 3.8) is 0 Å². The third-order valence-corrected chi connectivity index (χ3v) is 6.43. The number of ether oxygens (including phenoxy) is 1. The molecule has 0 N–H and O–H groups in total. The van der Waals surface area contributed by atoms with E-state index in [2.05, 4.69) is 16.9 Å². The molecule has 0 spiro atoms. The van der Waals surface area contributed by atoms with E-state index in [4.69, 9.17) is 4.74 Å². The molecule has 2 amide bonds. The van der Waals surface area contributed by atoms with Crippen LogP contribution in [0.2, 0.25) is 0 Å². The Hall–Kier alpha value is -2.87. The molecule has 0 radical (unpaired) electrons. The summed E-state index contributed by atoms with van der Waals surface area (Å²) in [5.41, 5.74) is 2.12. The number of likely N-dealkylation sites (tertiary alicyclic amines) is 1. The van der Waals surface area contributed by atoms with Crippen LogP contribution < -0.4 is 9.64 Å². The highest BCUT2D eigenvalue weighted by atomic mass is 16.5. The Balaban J connectivity index is 1.27. The molecule has 2 aliphatic rings. The first-order chi connectivity index (χ1) is 15.4. The second kappa shape index (κ2) is 9.73. The van der Waals surface area contributed by atoms with Gasteiger partial charge in [-0.3, -0.25) is 14.3 Å². The van der Waals surface area contributed by atoms with Crippen LogP contribution in [-0.2, 0) is 11.8 Å². The molecule has 4 rings (SSSR count). The number of aromatic nitrogens is 2. The van der Waals surface area contributed by atoms with Gasteiger partial charge < -0.3 is 19.4 Å². The number of rotatable bonds is 7. The monoisotopic (exact) mass is 439 g/mol. The van der Waals surface area contributed by atoms with E-state index in [-0.39, 0.29) is 18.4 Å². The molecular weight excluding hydrogens is 406 g/mol. The van der Waals surface area contributed by atoms with E-state index >= 15 is 0 Å². The summed E-state index contributed by atoms with van der Waals surface area (Å²) in [7, 11) is 1.74. The van der Waals surface area contributed by atoms with Gasteiger partial charge in [0.25, 0.3) is 5.91 Å². The molecule has 1 aromatic heterocycles. The van der Waals surface area contributed by atoms with Crippen LogP contribution in [0.5, 0.6) is 5.75 Å². The van der Waals surface area contributed by atoms with Crippen molar-refractivity contribution in [1.29, 1.82) is 0 Å². The SMILES string of the molecule is Cc1cc(C(=O)N2CCN(c3ccc(OCCCN4CCC[C@H]4C)cc3)C(=O)C2)n(C)n1. The van der Waals surface area contributed by atoms with Crippen LogP contribution in [0.15, 0.2) is 30.3 Å². The molecule has 2 saturated heterocycles. The molecule has 0 unspecified atom stereocenters. The van der Waals surface area contributed by atoms with E-state index in [1.165, 1.54) is 19.4 Å². The Labute approximate surface area is 189 Å². The first-order valence-corrected chi connectivity index (χ1v) is 11.5. The minimum Gasteiger partial charge on any atom is -0.494 e. The molecule has 1 atom stereocenters. The lowest BCUT2D eigenvalue weighted by Gasteiger charge is -2.34. The highest BCUT2D eigenvalue weighted by molar-refractivity contribution is 6.01. The van der Waals surface area contributed by atoms with E-state index in [9.17, 15) is 9.59 Å². The second-order valence-electron chi connectivity index (χ2n) is 8.79. The molecule has 32 heavy (non-hydrogen) atoms. The fourth-order valence-electron chi connectivity index (χ4n) is 4.60. The van der Waals surface area contributed by atoms with Gasteiger partial charge in [0.1, 0.15) is 18.0 Å². The van der Waals surface area contributed by atoms with Crippen molar-refractivity contribution >= 4 is 17.5 Å². The molecule has 8 heteroatoms. The summed E-state index contributed by atoms with van der Waals surface area (Å²) >= 11 is 0. The van der Waals surface area contributed by atoms with Crippen LogP contribution in [0.25, 0.3) is 0 Å². The van der Waals surface area contributed by atoms with E-state index in [0.717, 1.165) is 30.1 Å². The maximum atomic E-state index is 12.8. The molecule has 0 saturated carbocycles. The first kappa shape index (κ1) is 22.3. The van der Waals surface area contributed by atoms with Gasteiger partial charge in [0.15, 0.2) is 0 Å². The minimum atomic E-state index is -0.159. The molecule has 2 aromatic rings. The Morgan fingerprint density at radius 2 is 1.97 bits per heavy atom. The largest absolute Gasteiger partial charge is 0.494 e. The van der Waals surface area contributed by atoms with E-state index in [0.29, 0.717) is 31.4 Å². The van der Waals surface area contributed by atoms with Crippen LogP contribution in [0.1, 0.15) is 42.4 Å². The maximum Gasteiger partial charge on any atom is 0.272 e. The number of hydrogen-bond donors (Lipinski definition) is 0. The lowest BCUT2D eigenvalue weighted by molar-refractivity contribution is -0.120. The number of aryl methyl sites for hydroxylation is 2. The molecule has 172 valence electrons. The summed E-state index contributed by atoms with van der Waals surface area (Å²) in [5, 5.41) is 4.23. The summed E-state index contributed by atoms with van der Waals surface area (Å²) in [6.45, 7) is 8.13. The number of amides is 2. The lowest BCUT2D eigenvalue weighted by atomic mass is 10.2. The summed E-state index contributed by atoms with van der Waals surface area (Å²) in [6.07, 6.45) is 3.61. The van der Waals surface area contributed by atoms with Gasteiger partial charge in [-0.05, 0) is 70.0 Å². The molecule has 0 aliphatic carbocycles. The number of piperazine rings is 1. The third-order valence-electron chi connectivity index (χ3n) is 6.43. The number of anilines is 1. The fraction of sp³-hybridized carbons (Fsp3) is 0.542. The fourth-order valence-corrected chi connectivity index (χ4v) is 4.60. The van der Waals surface area contributed by atoms with Crippen molar-refractivity contribution in [3.8, 4) is 5.75 Å². The molecule has 2 fully saturated rings. The lowest BCUT2D eigenvalue weighted by Crippen LogP contribution is -2.52. The predicted octanol–water partition coefficient (Wildman–Crippen LogP) is 2.47. The highest BCUT2D eigenvalue weighted by Crippen LogP contribution is 2.22. The van der Waals surface area contributed by atoms with Crippen molar-refractivity contribution in [2.24, 2.45) is 7.05 Å². The average molecular weight is 440 g/mol. The normalized spacial score (nSPS) is 19.6. The first-order valence-electron chi connectivity index (χ1n) is 11.5. The third kappa shape index (κ3) is 4.96. The molecule has 0 bridgehead atoms. The van der Waals surface area contributed by atoms with Gasteiger partial charge in [-0.1, -0.05) is 0 Å². The summed E-state index contributed by atoms with van der Waals surface area (Å²) in [6, 6.07) is 10.1. The van der Waals surface area contributed by atoms with Gasteiger partial charge in [-0.25, -0.2) is 0 Å². The van der Waals surface area contributed by atoms with E-state index < -0.39 is 0 Å². The quantitative estimate of drug-likeness (QED) is 0.620. The zero-order valence-electron chi connectivity index (χ0n) is 19.3. The van der Waals surface area contributed by atoms with Crippen molar-refractivity contribution in [3.05, 3.63) is 41.7 Å². The standard InChI is InChI=1S/C24H33N5O3/c1-18-16-22(26(3)25-18)24(31)28-13-14-29(23(30)17-28)20-7-9-21(10-8-20)32-15-5-12-27-11-4-6-19(27)2/h7-10,16,19H,4-6,11-15,17H2,1-3H3/t19-/m1/s1. The Morgan fingerprint density at radius 1 is 1.19 bits per heavy atom. The summed E-state index contributed by atoms with van der Waals surface area (Å²) in [5.74, 6) is 0.570. The van der Waals surface area contributed by atoms with Gasteiger partial charge in [0.05, 0.1) is 12.3 Å².